The molecule has 2 aromatic carbocycles. The van der Waals surface area contributed by atoms with Gasteiger partial charge in [0.1, 0.15) is 0 Å². The maximum absolute atomic E-state index is 10.9. The molecule has 2 heterocycles. The van der Waals surface area contributed by atoms with Gasteiger partial charge >= 0.3 is 0 Å². The van der Waals surface area contributed by atoms with E-state index in [1.54, 1.807) is 12.1 Å². The van der Waals surface area contributed by atoms with Gasteiger partial charge in [-0.05, 0) is 28.8 Å². The second-order valence-electron chi connectivity index (χ2n) is 6.31. The molecule has 1 aromatic heterocycles. The van der Waals surface area contributed by atoms with Gasteiger partial charge in [-0.25, -0.2) is 0 Å². The minimum absolute atomic E-state index is 0.125. The fraction of sp³-hybridized carbons (Fsp3) is 0.200. The van der Waals surface area contributed by atoms with E-state index in [1.807, 2.05) is 18.2 Å². The Morgan fingerprint density at radius 1 is 1.08 bits per heavy atom. The van der Waals surface area contributed by atoms with Crippen molar-refractivity contribution in [2.75, 3.05) is 6.54 Å². The topological polar surface area (TPSA) is 60.1 Å². The quantitative estimate of drug-likeness (QED) is 0.584. The van der Waals surface area contributed by atoms with Gasteiger partial charge in [-0.2, -0.15) is 0 Å². The molecule has 3 aromatic rings. The van der Waals surface area contributed by atoms with Gasteiger partial charge in [0.25, 0.3) is 5.69 Å². The third-order valence-corrected chi connectivity index (χ3v) is 4.73. The Bertz CT molecular complexity index is 899. The molecule has 1 N–H and O–H groups in total. The maximum atomic E-state index is 10.9. The standard InChI is InChI=1S/C20H19N3O2/c24-23(25)17-8-6-16(7-9-17)19-14-22(13-15-4-2-1-3-5-15)20-10-11-21-12-18(19)20/h1-9,14,21H,10-13H2. The normalized spacial score (nSPS) is 13.4. The van der Waals surface area contributed by atoms with Gasteiger partial charge in [0.15, 0.2) is 0 Å². The molecular formula is C20H19N3O2. The highest BCUT2D eigenvalue weighted by atomic mass is 16.6. The van der Waals surface area contributed by atoms with Crippen molar-refractivity contribution in [3.8, 4) is 11.1 Å². The summed E-state index contributed by atoms with van der Waals surface area (Å²) in [6.45, 7) is 2.66. The first-order valence-corrected chi connectivity index (χ1v) is 8.43. The molecule has 0 amide bonds. The van der Waals surface area contributed by atoms with Gasteiger partial charge in [-0.15, -0.1) is 0 Å². The smallest absolute Gasteiger partial charge is 0.269 e. The van der Waals surface area contributed by atoms with E-state index in [-0.39, 0.29) is 10.6 Å². The molecule has 25 heavy (non-hydrogen) atoms. The Morgan fingerprint density at radius 2 is 1.84 bits per heavy atom. The fourth-order valence-corrected chi connectivity index (χ4v) is 3.49. The van der Waals surface area contributed by atoms with Crippen LogP contribution in [0.4, 0.5) is 5.69 Å². The highest BCUT2D eigenvalue weighted by Gasteiger charge is 2.20. The van der Waals surface area contributed by atoms with E-state index < -0.39 is 0 Å². The van der Waals surface area contributed by atoms with Gasteiger partial charge in [0, 0.05) is 55.6 Å². The molecule has 0 fully saturated rings. The van der Waals surface area contributed by atoms with Crippen LogP contribution in [0.5, 0.6) is 0 Å². The molecule has 5 nitrogen and oxygen atoms in total. The number of hydrogen-bond acceptors (Lipinski definition) is 3. The van der Waals surface area contributed by atoms with Gasteiger partial charge in [-0.3, -0.25) is 10.1 Å². The summed E-state index contributed by atoms with van der Waals surface area (Å²) < 4.78 is 2.32. The molecule has 0 saturated carbocycles. The van der Waals surface area contributed by atoms with E-state index in [4.69, 9.17) is 0 Å². The highest BCUT2D eigenvalue weighted by Crippen LogP contribution is 2.32. The second-order valence-corrected chi connectivity index (χ2v) is 6.31. The summed E-state index contributed by atoms with van der Waals surface area (Å²) in [6.07, 6.45) is 3.18. The molecule has 4 rings (SSSR count). The zero-order valence-electron chi connectivity index (χ0n) is 13.8. The molecule has 0 unspecified atom stereocenters. The van der Waals surface area contributed by atoms with Crippen molar-refractivity contribution in [1.29, 1.82) is 0 Å². The zero-order valence-corrected chi connectivity index (χ0v) is 13.8. The number of nitrogens with zero attached hydrogens (tertiary/aromatic N) is 2. The monoisotopic (exact) mass is 333 g/mol. The van der Waals surface area contributed by atoms with Crippen molar-refractivity contribution in [3.05, 3.63) is 87.7 Å². The summed E-state index contributed by atoms with van der Waals surface area (Å²) in [4.78, 5) is 10.5. The molecule has 1 aliphatic heterocycles. The maximum Gasteiger partial charge on any atom is 0.269 e. The lowest BCUT2D eigenvalue weighted by Crippen LogP contribution is -2.25. The molecular weight excluding hydrogens is 314 g/mol. The Morgan fingerprint density at radius 3 is 2.56 bits per heavy atom. The number of nitro benzene ring substituents is 1. The van der Waals surface area contributed by atoms with Crippen LogP contribution in [0.3, 0.4) is 0 Å². The number of non-ortho nitro benzene ring substituents is 1. The molecule has 0 atom stereocenters. The summed E-state index contributed by atoms with van der Waals surface area (Å²) >= 11 is 0. The highest BCUT2D eigenvalue weighted by molar-refractivity contribution is 5.70. The molecule has 0 bridgehead atoms. The predicted molar refractivity (Wildman–Crippen MR) is 97.5 cm³/mol. The van der Waals surface area contributed by atoms with Crippen molar-refractivity contribution < 1.29 is 4.92 Å². The second kappa shape index (κ2) is 6.53. The van der Waals surface area contributed by atoms with Crippen LogP contribution in [0.15, 0.2) is 60.8 Å². The summed E-state index contributed by atoms with van der Waals surface area (Å²) in [7, 11) is 0. The van der Waals surface area contributed by atoms with Crippen LogP contribution < -0.4 is 5.32 Å². The average molecular weight is 333 g/mol. The minimum Gasteiger partial charge on any atom is -0.346 e. The lowest BCUT2D eigenvalue weighted by molar-refractivity contribution is -0.384. The van der Waals surface area contributed by atoms with Crippen molar-refractivity contribution in [2.24, 2.45) is 0 Å². The minimum atomic E-state index is -0.360. The molecule has 0 spiro atoms. The molecule has 126 valence electrons. The van der Waals surface area contributed by atoms with Crippen molar-refractivity contribution in [2.45, 2.75) is 19.5 Å². The van der Waals surface area contributed by atoms with E-state index >= 15 is 0 Å². The average Bonchev–Trinajstić information content (AvgIpc) is 3.01. The summed E-state index contributed by atoms with van der Waals surface area (Å²) in [5, 5.41) is 14.3. The first kappa shape index (κ1) is 15.6. The van der Waals surface area contributed by atoms with Crippen LogP contribution in [-0.4, -0.2) is 16.0 Å². The fourth-order valence-electron chi connectivity index (χ4n) is 3.49. The molecule has 5 heteroatoms. The Kier molecular flexibility index (Phi) is 4.07. The van der Waals surface area contributed by atoms with Crippen LogP contribution >= 0.6 is 0 Å². The van der Waals surface area contributed by atoms with Crippen LogP contribution in [0, 0.1) is 10.1 Å². The van der Waals surface area contributed by atoms with E-state index in [0.29, 0.717) is 0 Å². The van der Waals surface area contributed by atoms with Crippen molar-refractivity contribution in [1.82, 2.24) is 9.88 Å². The van der Waals surface area contributed by atoms with E-state index in [1.165, 1.54) is 16.8 Å². The van der Waals surface area contributed by atoms with Crippen LogP contribution in [0.25, 0.3) is 11.1 Å². The number of fused-ring (bicyclic) bond motifs is 1. The molecule has 0 radical (unpaired) electrons. The summed E-state index contributed by atoms with van der Waals surface area (Å²) in [6, 6.07) is 17.3. The summed E-state index contributed by atoms with van der Waals surface area (Å²) in [5.74, 6) is 0. The molecule has 0 saturated heterocycles. The van der Waals surface area contributed by atoms with Crippen LogP contribution in [0.1, 0.15) is 16.8 Å². The van der Waals surface area contributed by atoms with Gasteiger partial charge in [0.05, 0.1) is 4.92 Å². The van der Waals surface area contributed by atoms with Gasteiger partial charge in [0.2, 0.25) is 0 Å². The first-order chi connectivity index (χ1) is 12.2. The van der Waals surface area contributed by atoms with Crippen molar-refractivity contribution in [3.63, 3.8) is 0 Å². The third kappa shape index (κ3) is 3.06. The number of hydrogen-bond donors (Lipinski definition) is 1. The predicted octanol–water partition coefficient (Wildman–Crippen LogP) is 3.76. The Labute approximate surface area is 146 Å². The Hall–Kier alpha value is -2.92. The van der Waals surface area contributed by atoms with Gasteiger partial charge in [-0.1, -0.05) is 30.3 Å². The third-order valence-electron chi connectivity index (χ3n) is 4.73. The van der Waals surface area contributed by atoms with Gasteiger partial charge < -0.3 is 9.88 Å². The summed E-state index contributed by atoms with van der Waals surface area (Å²) in [5.41, 5.74) is 6.24. The van der Waals surface area contributed by atoms with E-state index in [2.05, 4.69) is 40.3 Å². The number of benzene rings is 2. The lowest BCUT2D eigenvalue weighted by atomic mass is 10.00. The lowest BCUT2D eigenvalue weighted by Gasteiger charge is -2.17. The largest absolute Gasteiger partial charge is 0.346 e. The number of aromatic nitrogens is 1. The van der Waals surface area contributed by atoms with Crippen LogP contribution in [0.2, 0.25) is 0 Å². The first-order valence-electron chi connectivity index (χ1n) is 8.43. The number of rotatable bonds is 4. The number of nitrogens with one attached hydrogen (secondary N) is 1. The molecule has 0 aliphatic carbocycles. The number of nitro groups is 1. The zero-order chi connectivity index (χ0) is 17.2. The molecule has 1 aliphatic rings. The van der Waals surface area contributed by atoms with E-state index in [9.17, 15) is 10.1 Å². The Balaban J connectivity index is 1.74. The van der Waals surface area contributed by atoms with Crippen LogP contribution in [-0.2, 0) is 19.5 Å². The van der Waals surface area contributed by atoms with Crippen molar-refractivity contribution >= 4 is 5.69 Å². The van der Waals surface area contributed by atoms with E-state index in [0.717, 1.165) is 37.2 Å². The SMILES string of the molecule is O=[N+]([O-])c1ccc(-c2cn(Cc3ccccc3)c3c2CNCC3)cc1.